The van der Waals surface area contributed by atoms with Gasteiger partial charge in [-0.2, -0.15) is 0 Å². The predicted octanol–water partition coefficient (Wildman–Crippen LogP) is 3.42. The van der Waals surface area contributed by atoms with Crippen LogP contribution in [0.2, 0.25) is 31.7 Å². The molecule has 0 saturated heterocycles. The third-order valence-corrected chi connectivity index (χ3v) is 5.84. The third kappa shape index (κ3) is 5.14. The molecule has 0 spiro atoms. The summed E-state index contributed by atoms with van der Waals surface area (Å²) in [6.07, 6.45) is 1.90. The Bertz CT molecular complexity index is 306. The highest BCUT2D eigenvalue weighted by Crippen LogP contribution is 2.10. The van der Waals surface area contributed by atoms with Crippen molar-refractivity contribution in [2.75, 3.05) is 0 Å². The molecule has 0 aromatic heterocycles. The Balaban J connectivity index is 2.41. The van der Waals surface area contributed by atoms with Gasteiger partial charge in [0.1, 0.15) is 0 Å². The number of benzene rings is 1. The average Bonchev–Trinajstić information content (AvgIpc) is 2.17. The molecule has 0 aliphatic carbocycles. The van der Waals surface area contributed by atoms with E-state index in [1.807, 2.05) is 6.08 Å². The van der Waals surface area contributed by atoms with Crippen molar-refractivity contribution in [1.82, 2.24) is 0 Å². The van der Waals surface area contributed by atoms with Crippen molar-refractivity contribution in [2.24, 2.45) is 0 Å². The van der Waals surface area contributed by atoms with Crippen LogP contribution in [0.1, 0.15) is 5.56 Å². The molecular weight excluding hydrogens is 212 g/mol. The Morgan fingerprint density at radius 1 is 1.20 bits per heavy atom. The van der Waals surface area contributed by atoms with Crippen LogP contribution in [-0.4, -0.2) is 17.6 Å². The minimum Gasteiger partial charge on any atom is -0.0985 e. The first-order valence-electron chi connectivity index (χ1n) is 5.48. The molecule has 0 unspecified atom stereocenters. The Labute approximate surface area is 97.3 Å². The van der Waals surface area contributed by atoms with Gasteiger partial charge in [-0.05, 0) is 5.56 Å². The topological polar surface area (TPSA) is 0 Å². The highest BCUT2D eigenvalue weighted by atomic mass is 28.3. The largest absolute Gasteiger partial charge is 0.0985 e. The van der Waals surface area contributed by atoms with E-state index in [1.54, 1.807) is 0 Å². The first-order chi connectivity index (χ1) is 7.01. The number of hydrogen-bond donors (Lipinski definition) is 0. The fraction of sp³-hybridized carbons (Fsp3) is 0.385. The van der Waals surface area contributed by atoms with Gasteiger partial charge in [-0.25, -0.2) is 0 Å². The van der Waals surface area contributed by atoms with Crippen LogP contribution in [-0.2, 0) is 0 Å². The second kappa shape index (κ2) is 5.47. The van der Waals surface area contributed by atoms with Crippen LogP contribution in [0.5, 0.6) is 0 Å². The van der Waals surface area contributed by atoms with E-state index in [1.165, 1.54) is 22.8 Å². The van der Waals surface area contributed by atoms with E-state index in [9.17, 15) is 0 Å². The maximum atomic E-state index is 3.76. The molecule has 0 saturated carbocycles. The lowest BCUT2D eigenvalue weighted by molar-refractivity contribution is 1.33. The van der Waals surface area contributed by atoms with E-state index < -0.39 is 8.07 Å². The van der Waals surface area contributed by atoms with E-state index in [-0.39, 0.29) is 0 Å². The molecule has 1 aromatic carbocycles. The summed E-state index contributed by atoms with van der Waals surface area (Å²) in [5.41, 5.74) is 1.22. The van der Waals surface area contributed by atoms with Crippen molar-refractivity contribution < 1.29 is 0 Å². The minimum absolute atomic E-state index is 0.838. The lowest BCUT2D eigenvalue weighted by Gasteiger charge is -2.14. The molecule has 0 aliphatic heterocycles. The second-order valence-electron chi connectivity index (χ2n) is 5.06. The van der Waals surface area contributed by atoms with Gasteiger partial charge < -0.3 is 0 Å². The minimum atomic E-state index is -0.838. The molecule has 0 nitrogen and oxygen atoms in total. The standard InChI is InChI=1S/C13H20Si2/c1-5-12-6-8-13(9-7-12)14-10-11-15(2,3)4/h5-9H,1,10-11H2,2-4H3. The Kier molecular flexibility index (Phi) is 4.54. The monoisotopic (exact) mass is 232 g/mol. The van der Waals surface area contributed by atoms with Crippen LogP contribution >= 0.6 is 0 Å². The van der Waals surface area contributed by atoms with Gasteiger partial charge in [-0.3, -0.25) is 0 Å². The first kappa shape index (κ1) is 12.5. The van der Waals surface area contributed by atoms with Gasteiger partial charge in [-0.15, -0.1) is 0 Å². The lowest BCUT2D eigenvalue weighted by Crippen LogP contribution is -2.22. The summed E-state index contributed by atoms with van der Waals surface area (Å²) in [7, 11) is 0.138. The Morgan fingerprint density at radius 2 is 1.80 bits per heavy atom. The number of hydrogen-bond acceptors (Lipinski definition) is 0. The smallest absolute Gasteiger partial charge is 0.0805 e. The summed E-state index contributed by atoms with van der Waals surface area (Å²) in [5.74, 6) is 0. The first-order valence-corrected chi connectivity index (χ1v) is 10.4. The van der Waals surface area contributed by atoms with Crippen LogP contribution in [0.3, 0.4) is 0 Å². The van der Waals surface area contributed by atoms with E-state index in [2.05, 4.69) is 50.5 Å². The molecule has 0 atom stereocenters. The zero-order valence-electron chi connectivity index (χ0n) is 10.0. The van der Waals surface area contributed by atoms with Crippen molar-refractivity contribution in [3.63, 3.8) is 0 Å². The van der Waals surface area contributed by atoms with Gasteiger partial charge in [0.2, 0.25) is 0 Å². The van der Waals surface area contributed by atoms with Gasteiger partial charge in [0, 0.05) is 8.07 Å². The number of rotatable bonds is 5. The van der Waals surface area contributed by atoms with Crippen LogP contribution in [0.4, 0.5) is 0 Å². The van der Waals surface area contributed by atoms with Crippen molar-refractivity contribution in [2.45, 2.75) is 31.7 Å². The molecule has 1 rings (SSSR count). The van der Waals surface area contributed by atoms with Gasteiger partial charge in [0.05, 0.1) is 9.52 Å². The van der Waals surface area contributed by atoms with Gasteiger partial charge in [0.15, 0.2) is 0 Å². The molecule has 0 heterocycles. The average molecular weight is 232 g/mol. The molecule has 2 radical (unpaired) electrons. The molecular formula is C13H20Si2. The molecule has 80 valence electrons. The molecule has 0 amide bonds. The zero-order valence-corrected chi connectivity index (χ0v) is 12.0. The fourth-order valence-electron chi connectivity index (χ4n) is 1.32. The van der Waals surface area contributed by atoms with Crippen molar-refractivity contribution in [3.8, 4) is 0 Å². The normalized spacial score (nSPS) is 11.4. The van der Waals surface area contributed by atoms with Crippen LogP contribution in [0.25, 0.3) is 6.08 Å². The Hall–Kier alpha value is -0.606. The molecule has 1 aromatic rings. The molecule has 0 N–H and O–H groups in total. The lowest BCUT2D eigenvalue weighted by atomic mass is 10.2. The van der Waals surface area contributed by atoms with Crippen LogP contribution < -0.4 is 5.19 Å². The van der Waals surface area contributed by atoms with E-state index in [0.717, 1.165) is 9.52 Å². The van der Waals surface area contributed by atoms with Gasteiger partial charge in [0.25, 0.3) is 0 Å². The van der Waals surface area contributed by atoms with Crippen molar-refractivity contribution in [3.05, 3.63) is 36.4 Å². The van der Waals surface area contributed by atoms with E-state index in [4.69, 9.17) is 0 Å². The summed E-state index contributed by atoms with van der Waals surface area (Å²) in [5, 5.41) is 1.49. The summed E-state index contributed by atoms with van der Waals surface area (Å²) >= 11 is 0. The van der Waals surface area contributed by atoms with E-state index >= 15 is 0 Å². The summed E-state index contributed by atoms with van der Waals surface area (Å²) in [6.45, 7) is 11.1. The molecule has 0 fully saturated rings. The molecule has 2 heteroatoms. The zero-order chi connectivity index (χ0) is 11.3. The van der Waals surface area contributed by atoms with Crippen molar-refractivity contribution in [1.29, 1.82) is 0 Å². The predicted molar refractivity (Wildman–Crippen MR) is 74.9 cm³/mol. The van der Waals surface area contributed by atoms with Gasteiger partial charge >= 0.3 is 0 Å². The molecule has 15 heavy (non-hydrogen) atoms. The van der Waals surface area contributed by atoms with Crippen LogP contribution in [0, 0.1) is 0 Å². The van der Waals surface area contributed by atoms with Gasteiger partial charge in [-0.1, -0.05) is 73.8 Å². The molecule has 0 aliphatic rings. The fourth-order valence-corrected chi connectivity index (χ4v) is 5.51. The summed E-state index contributed by atoms with van der Waals surface area (Å²) in [4.78, 5) is 0. The van der Waals surface area contributed by atoms with Crippen LogP contribution in [0.15, 0.2) is 30.8 Å². The third-order valence-electron chi connectivity index (χ3n) is 2.35. The molecule has 0 bridgehead atoms. The van der Waals surface area contributed by atoms with Crippen molar-refractivity contribution >= 4 is 28.9 Å². The Morgan fingerprint density at radius 3 is 2.27 bits per heavy atom. The van der Waals surface area contributed by atoms with E-state index in [0.29, 0.717) is 0 Å². The maximum Gasteiger partial charge on any atom is 0.0805 e. The SMILES string of the molecule is C=Cc1ccc([Si]CC[Si](C)(C)C)cc1. The highest BCUT2D eigenvalue weighted by Gasteiger charge is 2.11. The summed E-state index contributed by atoms with van der Waals surface area (Å²) in [6, 6.07) is 11.6. The maximum absolute atomic E-state index is 3.76. The summed E-state index contributed by atoms with van der Waals surface area (Å²) < 4.78 is 0. The quantitative estimate of drug-likeness (QED) is 0.683. The highest BCUT2D eigenvalue weighted by molar-refractivity contribution is 6.77. The second-order valence-corrected chi connectivity index (χ2v) is 12.1.